The summed E-state index contributed by atoms with van der Waals surface area (Å²) in [5.41, 5.74) is 5.63. The molecule has 0 bridgehead atoms. The molecule has 1 rings (SSSR count). The lowest BCUT2D eigenvalue weighted by Crippen LogP contribution is -2.42. The van der Waals surface area contributed by atoms with Crippen molar-refractivity contribution in [3.8, 4) is 0 Å². The van der Waals surface area contributed by atoms with Crippen LogP contribution in [0.25, 0.3) is 0 Å². The molecule has 0 aromatic heterocycles. The molecule has 0 saturated heterocycles. The van der Waals surface area contributed by atoms with E-state index in [0.29, 0.717) is 0 Å². The average molecular weight is 173 g/mol. The van der Waals surface area contributed by atoms with Gasteiger partial charge in [-0.25, -0.2) is 4.79 Å². The smallest absolute Gasteiger partial charge is 0.438 e. The quantitative estimate of drug-likeness (QED) is 0.634. The highest BCUT2D eigenvalue weighted by molar-refractivity contribution is 5.59. The van der Waals surface area contributed by atoms with Crippen LogP contribution >= 0.6 is 0 Å². The number of carbonyl (C=O) groups excluding carboxylic acids is 1. The molecule has 0 heterocycles. The van der Waals surface area contributed by atoms with Gasteiger partial charge < -0.3 is 15.2 Å². The van der Waals surface area contributed by atoms with Crippen LogP contribution in [0.2, 0.25) is 0 Å². The van der Waals surface area contributed by atoms with Crippen molar-refractivity contribution in [3.05, 3.63) is 0 Å². The van der Waals surface area contributed by atoms with E-state index in [1.165, 1.54) is 7.11 Å². The van der Waals surface area contributed by atoms with Crippen molar-refractivity contribution >= 4 is 6.16 Å². The molecule has 0 aliphatic heterocycles. The first kappa shape index (κ1) is 9.32. The van der Waals surface area contributed by atoms with Gasteiger partial charge in [-0.1, -0.05) is 12.8 Å². The number of nitrogens with two attached hydrogens (primary N) is 1. The van der Waals surface area contributed by atoms with Crippen molar-refractivity contribution < 1.29 is 14.3 Å². The maximum absolute atomic E-state index is 10.6. The Morgan fingerprint density at radius 2 is 2.08 bits per heavy atom. The van der Waals surface area contributed by atoms with Crippen LogP contribution < -0.4 is 5.73 Å². The molecule has 0 aromatic carbocycles. The maximum atomic E-state index is 10.6. The fourth-order valence-electron chi connectivity index (χ4n) is 1.49. The zero-order valence-corrected chi connectivity index (χ0v) is 7.34. The molecule has 1 aliphatic rings. The van der Waals surface area contributed by atoms with Crippen molar-refractivity contribution in [3.63, 3.8) is 0 Å². The Balaban J connectivity index is 2.25. The summed E-state index contributed by atoms with van der Waals surface area (Å²) in [6.45, 7) is 0.277. The van der Waals surface area contributed by atoms with E-state index >= 15 is 0 Å². The van der Waals surface area contributed by atoms with E-state index in [1.54, 1.807) is 0 Å². The predicted molar refractivity (Wildman–Crippen MR) is 43.7 cm³/mol. The van der Waals surface area contributed by atoms with Gasteiger partial charge in [0.05, 0.1) is 12.6 Å². The van der Waals surface area contributed by atoms with Crippen molar-refractivity contribution in [2.45, 2.75) is 31.2 Å². The second-order valence-electron chi connectivity index (χ2n) is 3.31. The average Bonchev–Trinajstić information content (AvgIpc) is 2.49. The largest absolute Gasteiger partial charge is 0.508 e. The number of carbonyl (C=O) groups is 1. The first-order valence-corrected chi connectivity index (χ1v) is 4.16. The molecule has 0 radical (unpaired) electrons. The highest BCUT2D eigenvalue weighted by atomic mass is 16.7. The zero-order valence-electron chi connectivity index (χ0n) is 7.34. The maximum Gasteiger partial charge on any atom is 0.508 e. The third kappa shape index (κ3) is 2.37. The van der Waals surface area contributed by atoms with Gasteiger partial charge >= 0.3 is 6.16 Å². The van der Waals surface area contributed by atoms with Crippen LogP contribution in [0.1, 0.15) is 25.7 Å². The van der Waals surface area contributed by atoms with E-state index in [9.17, 15) is 4.79 Å². The summed E-state index contributed by atoms with van der Waals surface area (Å²) < 4.78 is 9.13. The van der Waals surface area contributed by atoms with E-state index in [0.717, 1.165) is 25.7 Å². The lowest BCUT2D eigenvalue weighted by Gasteiger charge is -2.21. The monoisotopic (exact) mass is 173 g/mol. The molecular formula is C8H15NO3. The number of hydrogen-bond donors (Lipinski definition) is 1. The zero-order chi connectivity index (χ0) is 9.03. The summed E-state index contributed by atoms with van der Waals surface area (Å²) in [5.74, 6) is 0. The number of rotatable bonds is 2. The molecule has 1 fully saturated rings. The van der Waals surface area contributed by atoms with Gasteiger partial charge in [-0.2, -0.15) is 0 Å². The molecule has 0 atom stereocenters. The summed E-state index contributed by atoms with van der Waals surface area (Å²) in [4.78, 5) is 10.6. The van der Waals surface area contributed by atoms with Gasteiger partial charge in [-0.15, -0.1) is 0 Å². The summed E-state index contributed by atoms with van der Waals surface area (Å²) in [6.07, 6.45) is 3.47. The molecule has 0 amide bonds. The minimum Gasteiger partial charge on any atom is -0.438 e. The second-order valence-corrected chi connectivity index (χ2v) is 3.31. The lowest BCUT2D eigenvalue weighted by atomic mass is 10.0. The molecule has 70 valence electrons. The Morgan fingerprint density at radius 3 is 2.58 bits per heavy atom. The third-order valence-corrected chi connectivity index (χ3v) is 2.24. The van der Waals surface area contributed by atoms with Gasteiger partial charge in [0.15, 0.2) is 0 Å². The van der Waals surface area contributed by atoms with Crippen LogP contribution in [-0.4, -0.2) is 25.4 Å². The SMILES string of the molecule is COC(=O)OCC1(N)CCCC1. The molecule has 12 heavy (non-hydrogen) atoms. The van der Waals surface area contributed by atoms with Crippen LogP contribution in [0.3, 0.4) is 0 Å². The Hall–Kier alpha value is -0.770. The number of ether oxygens (including phenoxy) is 2. The highest BCUT2D eigenvalue weighted by Gasteiger charge is 2.30. The normalized spacial score (nSPS) is 20.5. The van der Waals surface area contributed by atoms with E-state index in [-0.39, 0.29) is 12.1 Å². The summed E-state index contributed by atoms with van der Waals surface area (Å²) in [6, 6.07) is 0. The van der Waals surface area contributed by atoms with E-state index in [1.807, 2.05) is 0 Å². The molecule has 1 aliphatic carbocycles. The predicted octanol–water partition coefficient (Wildman–Crippen LogP) is 1.04. The Kier molecular flexibility index (Phi) is 2.92. The van der Waals surface area contributed by atoms with Crippen LogP contribution in [0.15, 0.2) is 0 Å². The minimum absolute atomic E-state index is 0.277. The molecule has 1 saturated carbocycles. The van der Waals surface area contributed by atoms with E-state index < -0.39 is 6.16 Å². The van der Waals surface area contributed by atoms with Crippen LogP contribution in [0, 0.1) is 0 Å². The fraction of sp³-hybridized carbons (Fsp3) is 0.875. The molecule has 0 aromatic rings. The van der Waals surface area contributed by atoms with Gasteiger partial charge in [-0.05, 0) is 12.8 Å². The van der Waals surface area contributed by atoms with Crippen LogP contribution in [0.5, 0.6) is 0 Å². The standard InChI is InChI=1S/C8H15NO3/c1-11-7(10)12-6-8(9)4-2-3-5-8/h2-6,9H2,1H3. The molecule has 2 N–H and O–H groups in total. The van der Waals surface area contributed by atoms with Gasteiger partial charge in [0, 0.05) is 0 Å². The van der Waals surface area contributed by atoms with E-state index in [2.05, 4.69) is 4.74 Å². The van der Waals surface area contributed by atoms with Gasteiger partial charge in [0.2, 0.25) is 0 Å². The number of hydrogen-bond acceptors (Lipinski definition) is 4. The van der Waals surface area contributed by atoms with Crippen LogP contribution in [0.4, 0.5) is 4.79 Å². The van der Waals surface area contributed by atoms with Gasteiger partial charge in [0.1, 0.15) is 6.61 Å². The lowest BCUT2D eigenvalue weighted by molar-refractivity contribution is 0.0547. The molecule has 4 heteroatoms. The van der Waals surface area contributed by atoms with E-state index in [4.69, 9.17) is 10.5 Å². The molecular weight excluding hydrogens is 158 g/mol. The Bertz CT molecular complexity index is 164. The van der Waals surface area contributed by atoms with Crippen LogP contribution in [-0.2, 0) is 9.47 Å². The molecule has 0 unspecified atom stereocenters. The first-order chi connectivity index (χ1) is 5.66. The minimum atomic E-state index is -0.647. The highest BCUT2D eigenvalue weighted by Crippen LogP contribution is 2.27. The number of methoxy groups -OCH3 is 1. The topological polar surface area (TPSA) is 61.5 Å². The Morgan fingerprint density at radius 1 is 1.50 bits per heavy atom. The first-order valence-electron chi connectivity index (χ1n) is 4.16. The summed E-state index contributed by atoms with van der Waals surface area (Å²) in [5, 5.41) is 0. The van der Waals surface area contributed by atoms with Crippen molar-refractivity contribution in [1.29, 1.82) is 0 Å². The summed E-state index contributed by atoms with van der Waals surface area (Å²) in [7, 11) is 1.29. The molecule has 4 nitrogen and oxygen atoms in total. The third-order valence-electron chi connectivity index (χ3n) is 2.24. The second kappa shape index (κ2) is 3.76. The van der Waals surface area contributed by atoms with Crippen molar-refractivity contribution in [2.75, 3.05) is 13.7 Å². The summed E-state index contributed by atoms with van der Waals surface area (Å²) >= 11 is 0. The van der Waals surface area contributed by atoms with Gasteiger partial charge in [0.25, 0.3) is 0 Å². The molecule has 0 spiro atoms. The fourth-order valence-corrected chi connectivity index (χ4v) is 1.49. The van der Waals surface area contributed by atoms with Crippen molar-refractivity contribution in [2.24, 2.45) is 5.73 Å². The van der Waals surface area contributed by atoms with Gasteiger partial charge in [-0.3, -0.25) is 0 Å². The van der Waals surface area contributed by atoms with Crippen molar-refractivity contribution in [1.82, 2.24) is 0 Å². The Labute approximate surface area is 72.0 Å².